The fourth-order valence-corrected chi connectivity index (χ4v) is 1.64. The zero-order chi connectivity index (χ0) is 12.5. The van der Waals surface area contributed by atoms with Gasteiger partial charge in [0.15, 0.2) is 0 Å². The molecule has 0 unspecified atom stereocenters. The Labute approximate surface area is 104 Å². The van der Waals surface area contributed by atoms with E-state index in [0.29, 0.717) is 11.3 Å². The molecule has 0 saturated carbocycles. The highest BCUT2D eigenvalue weighted by Gasteiger charge is 2.30. The van der Waals surface area contributed by atoms with Gasteiger partial charge in [-0.1, -0.05) is 12.1 Å². The smallest absolute Gasteiger partial charge is 0.255 e. The molecule has 2 aromatic rings. The van der Waals surface area contributed by atoms with Gasteiger partial charge in [0.2, 0.25) is 0 Å². The number of nitrogens with zero attached hydrogens (tertiary/aromatic N) is 1. The fraction of sp³-hybridized carbons (Fsp3) is 0.0833. The van der Waals surface area contributed by atoms with Crippen LogP contribution in [0, 0.1) is 0 Å². The fourth-order valence-electron chi connectivity index (χ4n) is 1.40. The summed E-state index contributed by atoms with van der Waals surface area (Å²) in [5.74, 6) is 0. The Morgan fingerprint density at radius 2 is 1.82 bits per heavy atom. The average Bonchev–Trinajstić information content (AvgIpc) is 2.29. The van der Waals surface area contributed by atoms with Gasteiger partial charge in [-0.15, -0.1) is 0 Å². The second-order valence-electron chi connectivity index (χ2n) is 3.44. The van der Waals surface area contributed by atoms with Crippen LogP contribution in [0.3, 0.4) is 0 Å². The Morgan fingerprint density at radius 1 is 1.06 bits per heavy atom. The third-order valence-corrected chi connectivity index (χ3v) is 2.68. The third-order valence-electron chi connectivity index (χ3n) is 2.21. The van der Waals surface area contributed by atoms with Crippen LogP contribution in [0.4, 0.5) is 13.2 Å². The highest BCUT2D eigenvalue weighted by atomic mass is 79.9. The van der Waals surface area contributed by atoms with Crippen molar-refractivity contribution in [3.63, 3.8) is 0 Å². The van der Waals surface area contributed by atoms with Crippen LogP contribution >= 0.6 is 15.9 Å². The normalized spacial score (nSPS) is 11.5. The van der Waals surface area contributed by atoms with Crippen LogP contribution in [0.2, 0.25) is 0 Å². The van der Waals surface area contributed by atoms with E-state index in [2.05, 4.69) is 20.9 Å². The SMILES string of the molecule is FC(F)(F)c1cccc(-c2ccc(Br)cn2)c1. The molecule has 0 atom stereocenters. The molecule has 2 rings (SSSR count). The van der Waals surface area contributed by atoms with Gasteiger partial charge in [-0.05, 0) is 40.2 Å². The highest BCUT2D eigenvalue weighted by molar-refractivity contribution is 9.10. The Bertz CT molecular complexity index is 520. The summed E-state index contributed by atoms with van der Waals surface area (Å²) in [6.45, 7) is 0. The van der Waals surface area contributed by atoms with Crippen molar-refractivity contribution in [1.29, 1.82) is 0 Å². The van der Waals surface area contributed by atoms with Gasteiger partial charge in [-0.2, -0.15) is 13.2 Å². The van der Waals surface area contributed by atoms with Gasteiger partial charge in [0.05, 0.1) is 11.3 Å². The van der Waals surface area contributed by atoms with Crippen LogP contribution in [0.15, 0.2) is 47.1 Å². The van der Waals surface area contributed by atoms with Gasteiger partial charge in [-0.25, -0.2) is 0 Å². The zero-order valence-corrected chi connectivity index (χ0v) is 10.1. The van der Waals surface area contributed by atoms with Gasteiger partial charge in [-0.3, -0.25) is 4.98 Å². The van der Waals surface area contributed by atoms with E-state index in [9.17, 15) is 13.2 Å². The lowest BCUT2D eigenvalue weighted by Crippen LogP contribution is -2.04. The van der Waals surface area contributed by atoms with Crippen molar-refractivity contribution in [1.82, 2.24) is 4.98 Å². The lowest BCUT2D eigenvalue weighted by Gasteiger charge is -2.08. The molecular formula is C12H7BrF3N. The van der Waals surface area contributed by atoms with Crippen LogP contribution in [0.1, 0.15) is 5.56 Å². The monoisotopic (exact) mass is 301 g/mol. The molecule has 0 amide bonds. The van der Waals surface area contributed by atoms with E-state index in [-0.39, 0.29) is 0 Å². The number of alkyl halides is 3. The van der Waals surface area contributed by atoms with E-state index < -0.39 is 11.7 Å². The predicted octanol–water partition coefficient (Wildman–Crippen LogP) is 4.53. The molecule has 0 spiro atoms. The number of hydrogen-bond donors (Lipinski definition) is 0. The molecule has 1 aromatic carbocycles. The summed E-state index contributed by atoms with van der Waals surface area (Å²) in [4.78, 5) is 4.06. The van der Waals surface area contributed by atoms with Gasteiger partial charge in [0, 0.05) is 16.2 Å². The second kappa shape index (κ2) is 4.49. The average molecular weight is 302 g/mol. The lowest BCUT2D eigenvalue weighted by atomic mass is 10.1. The summed E-state index contributed by atoms with van der Waals surface area (Å²) in [5, 5.41) is 0. The van der Waals surface area contributed by atoms with E-state index in [1.54, 1.807) is 24.4 Å². The van der Waals surface area contributed by atoms with Crippen LogP contribution in [0.5, 0.6) is 0 Å². The van der Waals surface area contributed by atoms with Crippen molar-refractivity contribution in [2.45, 2.75) is 6.18 Å². The first-order valence-electron chi connectivity index (χ1n) is 4.76. The maximum atomic E-state index is 12.5. The minimum absolute atomic E-state index is 0.451. The van der Waals surface area contributed by atoms with Gasteiger partial charge in [0.25, 0.3) is 0 Å². The molecule has 0 fully saturated rings. The molecule has 0 radical (unpaired) electrons. The standard InChI is InChI=1S/C12H7BrF3N/c13-10-4-5-11(17-7-10)8-2-1-3-9(6-8)12(14,15)16/h1-7H. The van der Waals surface area contributed by atoms with E-state index >= 15 is 0 Å². The maximum Gasteiger partial charge on any atom is 0.416 e. The van der Waals surface area contributed by atoms with Crippen molar-refractivity contribution in [2.75, 3.05) is 0 Å². The Morgan fingerprint density at radius 3 is 2.41 bits per heavy atom. The third kappa shape index (κ3) is 2.85. The largest absolute Gasteiger partial charge is 0.416 e. The van der Waals surface area contributed by atoms with E-state index in [4.69, 9.17) is 0 Å². The number of pyridine rings is 1. The number of rotatable bonds is 1. The first-order chi connectivity index (χ1) is 7.97. The minimum atomic E-state index is -4.33. The number of benzene rings is 1. The van der Waals surface area contributed by atoms with Crippen LogP contribution in [-0.4, -0.2) is 4.98 Å². The summed E-state index contributed by atoms with van der Waals surface area (Å²) < 4.78 is 38.3. The lowest BCUT2D eigenvalue weighted by molar-refractivity contribution is -0.137. The molecule has 0 aliphatic carbocycles. The molecule has 5 heteroatoms. The molecule has 0 aliphatic rings. The molecule has 0 saturated heterocycles. The predicted molar refractivity (Wildman–Crippen MR) is 62.4 cm³/mol. The first-order valence-corrected chi connectivity index (χ1v) is 5.55. The van der Waals surface area contributed by atoms with Crippen molar-refractivity contribution in [2.24, 2.45) is 0 Å². The number of hydrogen-bond acceptors (Lipinski definition) is 1. The summed E-state index contributed by atoms with van der Waals surface area (Å²) in [5.41, 5.74) is 0.298. The van der Waals surface area contributed by atoms with Crippen molar-refractivity contribution in [3.05, 3.63) is 52.6 Å². The molecule has 1 aromatic heterocycles. The van der Waals surface area contributed by atoms with E-state index in [0.717, 1.165) is 16.6 Å². The van der Waals surface area contributed by atoms with Crippen LogP contribution in [-0.2, 0) is 6.18 Å². The Hall–Kier alpha value is -1.36. The van der Waals surface area contributed by atoms with Crippen molar-refractivity contribution < 1.29 is 13.2 Å². The second-order valence-corrected chi connectivity index (χ2v) is 4.36. The highest BCUT2D eigenvalue weighted by Crippen LogP contribution is 2.31. The summed E-state index contributed by atoms with van der Waals surface area (Å²) in [6.07, 6.45) is -2.78. The number of aromatic nitrogens is 1. The Balaban J connectivity index is 2.43. The maximum absolute atomic E-state index is 12.5. The molecule has 1 heterocycles. The molecule has 88 valence electrons. The van der Waals surface area contributed by atoms with E-state index in [1.807, 2.05) is 0 Å². The van der Waals surface area contributed by atoms with Crippen LogP contribution in [0.25, 0.3) is 11.3 Å². The molecule has 0 N–H and O–H groups in total. The summed E-state index contributed by atoms with van der Waals surface area (Å²) >= 11 is 3.22. The number of halogens is 4. The molecule has 0 aliphatic heterocycles. The van der Waals surface area contributed by atoms with Gasteiger partial charge in [0.1, 0.15) is 0 Å². The minimum Gasteiger partial charge on any atom is -0.255 e. The first kappa shape index (κ1) is 12.1. The zero-order valence-electron chi connectivity index (χ0n) is 8.50. The molecule has 0 bridgehead atoms. The Kier molecular flexibility index (Phi) is 3.19. The molecule has 1 nitrogen and oxygen atoms in total. The summed E-state index contributed by atoms with van der Waals surface area (Å²) in [6, 6.07) is 8.52. The quantitative estimate of drug-likeness (QED) is 0.754. The van der Waals surface area contributed by atoms with Gasteiger partial charge < -0.3 is 0 Å². The topological polar surface area (TPSA) is 12.9 Å². The molecule has 17 heavy (non-hydrogen) atoms. The van der Waals surface area contributed by atoms with Crippen LogP contribution < -0.4 is 0 Å². The van der Waals surface area contributed by atoms with E-state index in [1.165, 1.54) is 6.07 Å². The van der Waals surface area contributed by atoms with Crippen molar-refractivity contribution >= 4 is 15.9 Å². The van der Waals surface area contributed by atoms with Gasteiger partial charge >= 0.3 is 6.18 Å². The molecular weight excluding hydrogens is 295 g/mol. The summed E-state index contributed by atoms with van der Waals surface area (Å²) in [7, 11) is 0. The van der Waals surface area contributed by atoms with Crippen molar-refractivity contribution in [3.8, 4) is 11.3 Å².